The molecule has 1 aromatic heterocycles. The molecule has 0 radical (unpaired) electrons. The van der Waals surface area contributed by atoms with E-state index >= 15 is 0 Å². The number of hydrogen-bond donors (Lipinski definition) is 0. The number of fused-ring (bicyclic) bond motifs is 3. The molecule has 0 amide bonds. The van der Waals surface area contributed by atoms with Crippen LogP contribution >= 0.6 is 0 Å². The van der Waals surface area contributed by atoms with Gasteiger partial charge in [0.1, 0.15) is 5.78 Å². The van der Waals surface area contributed by atoms with Crippen molar-refractivity contribution in [2.75, 3.05) is 0 Å². The average molecular weight is 238 g/mol. The van der Waals surface area contributed by atoms with Crippen molar-refractivity contribution in [3.63, 3.8) is 0 Å². The Morgan fingerprint density at radius 1 is 1.28 bits per heavy atom. The second-order valence-corrected chi connectivity index (χ2v) is 5.18. The van der Waals surface area contributed by atoms with Gasteiger partial charge in [-0.1, -0.05) is 24.3 Å². The van der Waals surface area contributed by atoms with Gasteiger partial charge in [-0.05, 0) is 18.4 Å². The van der Waals surface area contributed by atoms with E-state index < -0.39 is 0 Å². The summed E-state index contributed by atoms with van der Waals surface area (Å²) in [6, 6.07) is 8.56. The maximum Gasteiger partial charge on any atom is 0.138 e. The van der Waals surface area contributed by atoms with Gasteiger partial charge in [0.15, 0.2) is 0 Å². The molecule has 18 heavy (non-hydrogen) atoms. The summed E-state index contributed by atoms with van der Waals surface area (Å²) in [5.41, 5.74) is 3.67. The second kappa shape index (κ2) is 3.55. The smallest absolute Gasteiger partial charge is 0.138 e. The maximum atomic E-state index is 12.1. The number of carbonyl (C=O) groups is 1. The van der Waals surface area contributed by atoms with Crippen LogP contribution in [0.3, 0.4) is 0 Å². The number of hydrogen-bond acceptors (Lipinski definition) is 2. The Morgan fingerprint density at radius 2 is 2.17 bits per heavy atom. The fourth-order valence-corrected chi connectivity index (χ4v) is 3.46. The molecule has 0 bridgehead atoms. The molecule has 3 heteroatoms. The summed E-state index contributed by atoms with van der Waals surface area (Å²) < 4.78 is 2.18. The minimum atomic E-state index is 0.140. The van der Waals surface area contributed by atoms with E-state index in [0.29, 0.717) is 5.78 Å². The van der Waals surface area contributed by atoms with E-state index in [0.717, 1.165) is 25.0 Å². The first-order valence-electron chi connectivity index (χ1n) is 6.50. The summed E-state index contributed by atoms with van der Waals surface area (Å²) in [5.74, 6) is 0.554. The third-order valence-electron chi connectivity index (χ3n) is 4.25. The molecule has 1 aliphatic heterocycles. The molecule has 0 saturated heterocycles. The predicted octanol–water partition coefficient (Wildman–Crippen LogP) is 2.82. The van der Waals surface area contributed by atoms with Crippen molar-refractivity contribution in [2.45, 2.75) is 25.3 Å². The van der Waals surface area contributed by atoms with Crippen molar-refractivity contribution >= 4 is 5.78 Å². The molecule has 2 heterocycles. The summed E-state index contributed by atoms with van der Waals surface area (Å²) in [5, 5.41) is 0. The minimum absolute atomic E-state index is 0.140. The summed E-state index contributed by atoms with van der Waals surface area (Å²) >= 11 is 0. The van der Waals surface area contributed by atoms with Crippen LogP contribution in [0, 0.1) is 5.92 Å². The minimum Gasteiger partial charge on any atom is -0.322 e. The number of benzene rings is 1. The highest BCUT2D eigenvalue weighted by molar-refractivity contribution is 5.85. The molecule has 0 spiro atoms. The maximum absolute atomic E-state index is 12.1. The van der Waals surface area contributed by atoms with Crippen LogP contribution in [0.5, 0.6) is 0 Å². The molecular formula is C15H14N2O. The number of imidazole rings is 1. The largest absolute Gasteiger partial charge is 0.322 e. The first-order chi connectivity index (χ1) is 8.86. The lowest BCUT2D eigenvalue weighted by molar-refractivity contribution is -0.121. The molecule has 0 N–H and O–H groups in total. The van der Waals surface area contributed by atoms with Gasteiger partial charge in [0.05, 0.1) is 24.3 Å². The molecule has 90 valence electrons. The van der Waals surface area contributed by atoms with Crippen LogP contribution < -0.4 is 0 Å². The monoisotopic (exact) mass is 238 g/mol. The van der Waals surface area contributed by atoms with Crippen molar-refractivity contribution in [3.8, 4) is 11.3 Å². The lowest BCUT2D eigenvalue weighted by atomic mass is 9.90. The van der Waals surface area contributed by atoms with Crippen LogP contribution in [0.2, 0.25) is 0 Å². The first-order valence-corrected chi connectivity index (χ1v) is 6.50. The number of Topliss-reactive ketones (excluding diaryl/α,β-unsaturated/α-hetero) is 1. The number of aromatic nitrogens is 2. The Kier molecular flexibility index (Phi) is 1.98. The van der Waals surface area contributed by atoms with E-state index in [1.54, 1.807) is 0 Å². The van der Waals surface area contributed by atoms with Gasteiger partial charge < -0.3 is 4.57 Å². The number of carbonyl (C=O) groups excluding carboxylic acids is 1. The molecule has 0 unspecified atom stereocenters. The highest BCUT2D eigenvalue weighted by Crippen LogP contribution is 2.46. The summed E-state index contributed by atoms with van der Waals surface area (Å²) in [6.07, 6.45) is 6.55. The lowest BCUT2D eigenvalue weighted by Crippen LogP contribution is -2.20. The van der Waals surface area contributed by atoms with Gasteiger partial charge in [-0.2, -0.15) is 0 Å². The van der Waals surface area contributed by atoms with E-state index in [4.69, 9.17) is 0 Å². The van der Waals surface area contributed by atoms with Crippen molar-refractivity contribution in [3.05, 3.63) is 42.4 Å². The molecule has 2 atom stereocenters. The van der Waals surface area contributed by atoms with Gasteiger partial charge in [0, 0.05) is 17.9 Å². The van der Waals surface area contributed by atoms with Gasteiger partial charge in [-0.3, -0.25) is 4.79 Å². The van der Waals surface area contributed by atoms with E-state index in [1.165, 1.54) is 11.1 Å². The van der Waals surface area contributed by atoms with Crippen molar-refractivity contribution in [1.82, 2.24) is 9.55 Å². The fraction of sp³-hybridized carbons (Fsp3) is 0.333. The van der Waals surface area contributed by atoms with Crippen molar-refractivity contribution in [2.24, 2.45) is 5.92 Å². The van der Waals surface area contributed by atoms with Gasteiger partial charge in [-0.15, -0.1) is 0 Å². The molecule has 1 fully saturated rings. The second-order valence-electron chi connectivity index (χ2n) is 5.18. The lowest BCUT2D eigenvalue weighted by Gasteiger charge is -2.20. The molecule has 2 aliphatic rings. The quantitative estimate of drug-likeness (QED) is 0.765. The Bertz CT molecular complexity index is 629. The Hall–Kier alpha value is -1.90. The highest BCUT2D eigenvalue weighted by atomic mass is 16.1. The Morgan fingerprint density at radius 3 is 3.00 bits per heavy atom. The number of rotatable bonds is 1. The zero-order valence-corrected chi connectivity index (χ0v) is 10.0. The molecule has 3 nitrogen and oxygen atoms in total. The SMILES string of the molecule is O=C1CCC[C@H]1[C@H]1c2ccccc2-c2cncn21. The topological polar surface area (TPSA) is 34.9 Å². The normalized spacial score (nSPS) is 25.2. The van der Waals surface area contributed by atoms with Crippen molar-refractivity contribution < 1.29 is 4.79 Å². The zero-order chi connectivity index (χ0) is 12.1. The van der Waals surface area contributed by atoms with Gasteiger partial charge >= 0.3 is 0 Å². The van der Waals surface area contributed by atoms with Crippen LogP contribution in [-0.4, -0.2) is 15.3 Å². The summed E-state index contributed by atoms with van der Waals surface area (Å²) in [6.45, 7) is 0. The van der Waals surface area contributed by atoms with Gasteiger partial charge in [0.2, 0.25) is 0 Å². The zero-order valence-electron chi connectivity index (χ0n) is 10.0. The molecular weight excluding hydrogens is 224 g/mol. The van der Waals surface area contributed by atoms with E-state index in [1.807, 2.05) is 12.5 Å². The van der Waals surface area contributed by atoms with Crippen LogP contribution in [0.25, 0.3) is 11.3 Å². The third-order valence-corrected chi connectivity index (χ3v) is 4.25. The highest BCUT2D eigenvalue weighted by Gasteiger charge is 2.39. The summed E-state index contributed by atoms with van der Waals surface area (Å²) in [4.78, 5) is 16.3. The van der Waals surface area contributed by atoms with Crippen LogP contribution in [-0.2, 0) is 4.79 Å². The number of ketones is 1. The molecule has 1 aromatic carbocycles. The van der Waals surface area contributed by atoms with E-state index in [-0.39, 0.29) is 12.0 Å². The van der Waals surface area contributed by atoms with Crippen LogP contribution in [0.15, 0.2) is 36.8 Å². The molecule has 4 rings (SSSR count). The van der Waals surface area contributed by atoms with E-state index in [2.05, 4.69) is 33.8 Å². The Balaban J connectivity index is 1.91. The molecule has 1 saturated carbocycles. The first kappa shape index (κ1) is 10.1. The van der Waals surface area contributed by atoms with Gasteiger partial charge in [-0.25, -0.2) is 4.98 Å². The van der Waals surface area contributed by atoms with Crippen LogP contribution in [0.1, 0.15) is 30.9 Å². The fourth-order valence-electron chi connectivity index (χ4n) is 3.46. The molecule has 2 aromatic rings. The third kappa shape index (κ3) is 1.19. The van der Waals surface area contributed by atoms with E-state index in [9.17, 15) is 4.79 Å². The summed E-state index contributed by atoms with van der Waals surface area (Å²) in [7, 11) is 0. The Labute approximate surface area is 105 Å². The van der Waals surface area contributed by atoms with Gasteiger partial charge in [0.25, 0.3) is 0 Å². The number of nitrogens with zero attached hydrogens (tertiary/aromatic N) is 2. The standard InChI is InChI=1S/C15H14N2O/c18-14-7-3-6-12(14)15-11-5-2-1-4-10(11)13-8-16-9-17(13)15/h1-2,4-5,8-9,12,15H,3,6-7H2/t12-,15-/m1/s1. The molecule has 1 aliphatic carbocycles. The predicted molar refractivity (Wildman–Crippen MR) is 68.2 cm³/mol. The van der Waals surface area contributed by atoms with Crippen molar-refractivity contribution in [1.29, 1.82) is 0 Å². The van der Waals surface area contributed by atoms with Crippen LogP contribution in [0.4, 0.5) is 0 Å². The average Bonchev–Trinajstić information content (AvgIpc) is 3.05.